The molecule has 15 heteroatoms. The molecule has 3 aromatic rings. The summed E-state index contributed by atoms with van der Waals surface area (Å²) in [6.45, 7) is 23.6. The SMILES string of the molecule is CCC(C)(C)C(=O)NC1CCC(OC(=O)/C=C/c2ccc(OC)cc2)CC1.CCCCCCCCCCCCCCOc1ccc(/C=C/C(=O)OC2CCC(OC(=O)C(C)(C)CC)CC2)cc1.CCCCCCCCCCCCOc1ccc(/C=C/C(=O)OC2CCC(OC(=O)C(C)(C)CC)CC2)cc1. The van der Waals surface area contributed by atoms with E-state index in [9.17, 15) is 28.8 Å². The van der Waals surface area contributed by atoms with Crippen LogP contribution in [0.4, 0.5) is 0 Å². The summed E-state index contributed by atoms with van der Waals surface area (Å²) in [6.07, 6.45) is 49.8. The molecule has 1 N–H and O–H groups in total. The fourth-order valence-corrected chi connectivity index (χ4v) is 12.4. The molecule has 105 heavy (non-hydrogen) atoms. The molecular weight excluding hydrogens is 1320 g/mol. The Morgan fingerprint density at radius 3 is 0.876 bits per heavy atom. The molecule has 0 radical (unpaired) electrons. The summed E-state index contributed by atoms with van der Waals surface area (Å²) in [5.74, 6) is 1.33. The number of benzene rings is 3. The van der Waals surface area contributed by atoms with Gasteiger partial charge in [-0.15, -0.1) is 0 Å². The minimum Gasteiger partial charge on any atom is -0.497 e. The lowest BCUT2D eigenvalue weighted by Crippen LogP contribution is -2.45. The van der Waals surface area contributed by atoms with Crippen LogP contribution in [0.2, 0.25) is 0 Å². The summed E-state index contributed by atoms with van der Waals surface area (Å²) >= 11 is 0. The largest absolute Gasteiger partial charge is 0.497 e. The van der Waals surface area contributed by atoms with Gasteiger partial charge in [0.15, 0.2) is 0 Å². The number of carbonyl (C=O) groups excluding carboxylic acids is 6. The van der Waals surface area contributed by atoms with Crippen molar-refractivity contribution in [3.8, 4) is 17.2 Å². The van der Waals surface area contributed by atoms with Crippen LogP contribution in [0.25, 0.3) is 18.2 Å². The topological polar surface area (TPSA) is 188 Å². The molecular formula is C90H139NO14. The number of hydrogen-bond acceptors (Lipinski definition) is 14. The number of hydrogen-bond donors (Lipinski definition) is 1. The standard InChI is InChI=1S/C35H56O5.C33H52O5.C22H31NO4/c1-5-7-8-9-10-11-12-13-14-15-16-17-28-38-30-21-18-29(19-22-30)20-27-33(36)39-31-23-25-32(26-24-31)40-34(37)35(3,4)6-2;1-5-7-8-9-10-11-12-13-14-15-26-36-28-19-16-27(17-20-28)18-25-31(34)37-29-21-23-30(24-22-29)38-32(35)33(3,4)6-2;1-5-22(2,3)21(25)23-17-9-13-19(14-10-17)27-20(24)15-8-16-6-11-18(26-4)12-7-16/h18-22,27,31-32H,5-17,23-26,28H2,1-4H3;16-20,25,29-30H,5-15,21-24,26H2,1-4H3;6-8,11-12,15,17,19H,5,9-10,13-14H2,1-4H3,(H,23,25)/b27-20+;25-18+;15-8+. The van der Waals surface area contributed by atoms with Gasteiger partial charge >= 0.3 is 29.8 Å². The maximum atomic E-state index is 12.3. The zero-order valence-corrected chi connectivity index (χ0v) is 67.1. The molecule has 3 aliphatic rings. The van der Waals surface area contributed by atoms with Crippen LogP contribution in [0.1, 0.15) is 330 Å². The molecule has 1 amide bonds. The van der Waals surface area contributed by atoms with Crippen LogP contribution in [-0.4, -0.2) is 92.6 Å². The molecule has 588 valence electrons. The van der Waals surface area contributed by atoms with Crippen LogP contribution in [-0.2, 0) is 52.5 Å². The number of amides is 1. The molecule has 15 nitrogen and oxygen atoms in total. The third-order valence-corrected chi connectivity index (χ3v) is 21.2. The van der Waals surface area contributed by atoms with E-state index in [-0.39, 0.29) is 77.7 Å². The highest BCUT2D eigenvalue weighted by Gasteiger charge is 2.35. The third-order valence-electron chi connectivity index (χ3n) is 21.2. The van der Waals surface area contributed by atoms with Crippen molar-refractivity contribution < 1.29 is 66.7 Å². The first-order valence-corrected chi connectivity index (χ1v) is 41.0. The van der Waals surface area contributed by atoms with Gasteiger partial charge in [0, 0.05) is 29.7 Å². The van der Waals surface area contributed by atoms with Crippen molar-refractivity contribution in [1.29, 1.82) is 0 Å². The van der Waals surface area contributed by atoms with Gasteiger partial charge in [-0.05, 0) is 208 Å². The van der Waals surface area contributed by atoms with Gasteiger partial charge in [0.05, 0.1) is 31.2 Å². The summed E-state index contributed by atoms with van der Waals surface area (Å²) in [5, 5.41) is 3.14. The number of carbonyl (C=O) groups is 6. The Labute approximate surface area is 634 Å². The van der Waals surface area contributed by atoms with Crippen molar-refractivity contribution in [2.24, 2.45) is 16.2 Å². The Kier molecular flexibility index (Phi) is 45.0. The zero-order chi connectivity index (χ0) is 76.6. The maximum absolute atomic E-state index is 12.3. The Balaban J connectivity index is 0.000000340. The minimum absolute atomic E-state index is 0.0784. The quantitative estimate of drug-likeness (QED) is 0.0243. The lowest BCUT2D eigenvalue weighted by molar-refractivity contribution is -0.164. The van der Waals surface area contributed by atoms with E-state index in [1.54, 1.807) is 25.3 Å². The van der Waals surface area contributed by atoms with Crippen LogP contribution < -0.4 is 19.5 Å². The van der Waals surface area contributed by atoms with E-state index in [0.717, 1.165) is 156 Å². The van der Waals surface area contributed by atoms with Crippen molar-refractivity contribution in [3.63, 3.8) is 0 Å². The summed E-state index contributed by atoms with van der Waals surface area (Å²) in [6, 6.07) is 23.3. The number of nitrogens with one attached hydrogen (secondary N) is 1. The maximum Gasteiger partial charge on any atom is 0.331 e. The van der Waals surface area contributed by atoms with E-state index in [0.29, 0.717) is 0 Å². The van der Waals surface area contributed by atoms with Crippen LogP contribution in [0.15, 0.2) is 91.0 Å². The van der Waals surface area contributed by atoms with Crippen LogP contribution >= 0.6 is 0 Å². The second-order valence-corrected chi connectivity index (χ2v) is 31.3. The minimum atomic E-state index is -0.454. The van der Waals surface area contributed by atoms with E-state index in [4.69, 9.17) is 37.9 Å². The monoisotopic (exact) mass is 1460 g/mol. The first kappa shape index (κ1) is 90.5. The summed E-state index contributed by atoms with van der Waals surface area (Å²) in [7, 11) is 1.62. The molecule has 0 aromatic heterocycles. The van der Waals surface area contributed by atoms with Crippen molar-refractivity contribution >= 4 is 54.0 Å². The molecule has 0 heterocycles. The summed E-state index contributed by atoms with van der Waals surface area (Å²) < 4.78 is 45.0. The van der Waals surface area contributed by atoms with Gasteiger partial charge in [-0.2, -0.15) is 0 Å². The van der Waals surface area contributed by atoms with Gasteiger partial charge in [-0.3, -0.25) is 14.4 Å². The Morgan fingerprint density at radius 1 is 0.343 bits per heavy atom. The first-order valence-electron chi connectivity index (χ1n) is 41.0. The molecule has 0 spiro atoms. The molecule has 0 unspecified atom stereocenters. The van der Waals surface area contributed by atoms with Crippen LogP contribution in [0.3, 0.4) is 0 Å². The molecule has 0 aliphatic heterocycles. The summed E-state index contributed by atoms with van der Waals surface area (Å²) in [5.41, 5.74) is 1.54. The van der Waals surface area contributed by atoms with Gasteiger partial charge < -0.3 is 43.2 Å². The lowest BCUT2D eigenvalue weighted by Gasteiger charge is -2.31. The van der Waals surface area contributed by atoms with E-state index in [1.165, 1.54) is 147 Å². The van der Waals surface area contributed by atoms with Gasteiger partial charge in [0.2, 0.25) is 5.91 Å². The van der Waals surface area contributed by atoms with E-state index >= 15 is 0 Å². The van der Waals surface area contributed by atoms with Crippen molar-refractivity contribution in [1.82, 2.24) is 5.32 Å². The number of methoxy groups -OCH3 is 1. The lowest BCUT2D eigenvalue weighted by atomic mass is 9.87. The Morgan fingerprint density at radius 2 is 0.600 bits per heavy atom. The van der Waals surface area contributed by atoms with Crippen LogP contribution in [0.5, 0.6) is 17.2 Å². The highest BCUT2D eigenvalue weighted by Crippen LogP contribution is 2.32. The van der Waals surface area contributed by atoms with Gasteiger partial charge in [0.1, 0.15) is 47.8 Å². The Bertz CT molecular complexity index is 2960. The predicted octanol–water partition coefficient (Wildman–Crippen LogP) is 22.6. The average molecular weight is 1460 g/mol. The number of ether oxygens (including phenoxy) is 8. The summed E-state index contributed by atoms with van der Waals surface area (Å²) in [4.78, 5) is 73.5. The van der Waals surface area contributed by atoms with Crippen molar-refractivity contribution in [2.45, 2.75) is 350 Å². The molecule has 0 bridgehead atoms. The highest BCUT2D eigenvalue weighted by molar-refractivity contribution is 5.88. The van der Waals surface area contributed by atoms with Crippen molar-refractivity contribution in [3.05, 3.63) is 108 Å². The second-order valence-electron chi connectivity index (χ2n) is 31.3. The van der Waals surface area contributed by atoms with Gasteiger partial charge in [-0.1, -0.05) is 213 Å². The van der Waals surface area contributed by atoms with Gasteiger partial charge in [0.25, 0.3) is 0 Å². The van der Waals surface area contributed by atoms with Crippen molar-refractivity contribution in [2.75, 3.05) is 20.3 Å². The molecule has 3 aromatic carbocycles. The van der Waals surface area contributed by atoms with E-state index in [1.807, 2.05) is 135 Å². The molecule has 0 atom stereocenters. The predicted molar refractivity (Wildman–Crippen MR) is 426 cm³/mol. The fourth-order valence-electron chi connectivity index (χ4n) is 12.4. The average Bonchev–Trinajstić information content (AvgIpc) is 0.873. The number of esters is 5. The third kappa shape index (κ3) is 39.5. The molecule has 3 saturated carbocycles. The fraction of sp³-hybridized carbons (Fsp3) is 0.667. The zero-order valence-electron chi connectivity index (χ0n) is 67.1. The molecule has 0 saturated heterocycles. The molecule has 3 fully saturated rings. The molecule has 6 rings (SSSR count). The number of unbranched alkanes of at least 4 members (excludes halogenated alkanes) is 20. The van der Waals surface area contributed by atoms with Crippen LogP contribution in [0, 0.1) is 16.2 Å². The van der Waals surface area contributed by atoms with E-state index < -0.39 is 10.8 Å². The normalized spacial score (nSPS) is 18.4. The number of rotatable bonds is 45. The highest BCUT2D eigenvalue weighted by atomic mass is 16.6. The van der Waals surface area contributed by atoms with E-state index in [2.05, 4.69) is 19.2 Å². The Hall–Kier alpha value is -6.90. The first-order chi connectivity index (χ1) is 50.5. The second kappa shape index (κ2) is 52.2. The smallest absolute Gasteiger partial charge is 0.331 e. The van der Waals surface area contributed by atoms with Gasteiger partial charge in [-0.25, -0.2) is 14.4 Å². The molecule has 3 aliphatic carbocycles.